The molecule has 0 atom stereocenters. The first-order valence-corrected chi connectivity index (χ1v) is 6.25. The van der Waals surface area contributed by atoms with Crippen molar-refractivity contribution < 1.29 is 4.79 Å². The molecule has 0 aliphatic heterocycles. The molecule has 1 heterocycles. The van der Waals surface area contributed by atoms with E-state index in [1.807, 2.05) is 4.68 Å². The highest BCUT2D eigenvalue weighted by molar-refractivity contribution is 5.76. The third-order valence-corrected chi connectivity index (χ3v) is 2.66. The molecule has 0 aromatic carbocycles. The minimum Gasteiger partial charge on any atom is -0.369 e. The lowest BCUT2D eigenvalue weighted by atomic mass is 10.1. The van der Waals surface area contributed by atoms with Gasteiger partial charge in [-0.1, -0.05) is 18.6 Å². The first-order chi connectivity index (χ1) is 8.69. The Kier molecular flexibility index (Phi) is 5.85. The van der Waals surface area contributed by atoms with Gasteiger partial charge < -0.3 is 5.73 Å². The molecule has 0 saturated carbocycles. The third kappa shape index (κ3) is 4.17. The summed E-state index contributed by atoms with van der Waals surface area (Å²) in [5.74, 6) is -0.385. The van der Waals surface area contributed by atoms with Crippen LogP contribution in [0.2, 0.25) is 0 Å². The number of hydrogen-bond acceptors (Lipinski definition) is 4. The lowest BCUT2D eigenvalue weighted by Crippen LogP contribution is -2.15. The SMILES string of the molecule is CCCc1c(CC(N)=O)nnn1CCCCC#N. The Morgan fingerprint density at radius 1 is 1.50 bits per heavy atom. The number of unbranched alkanes of at least 4 members (excludes halogenated alkanes) is 2. The Bertz CT molecular complexity index is 432. The van der Waals surface area contributed by atoms with Gasteiger partial charge in [0, 0.05) is 13.0 Å². The van der Waals surface area contributed by atoms with Gasteiger partial charge in [-0.05, 0) is 19.3 Å². The molecular formula is C12H19N5O. The normalized spacial score (nSPS) is 10.2. The summed E-state index contributed by atoms with van der Waals surface area (Å²) in [5, 5.41) is 16.6. The summed E-state index contributed by atoms with van der Waals surface area (Å²) in [4.78, 5) is 10.9. The van der Waals surface area contributed by atoms with Crippen LogP contribution in [0.5, 0.6) is 0 Å². The van der Waals surface area contributed by atoms with Crippen molar-refractivity contribution in [2.24, 2.45) is 5.73 Å². The maximum Gasteiger partial charge on any atom is 0.223 e. The van der Waals surface area contributed by atoms with Crippen LogP contribution in [0.25, 0.3) is 0 Å². The van der Waals surface area contributed by atoms with Gasteiger partial charge in [0.1, 0.15) is 0 Å². The molecule has 0 saturated heterocycles. The molecule has 0 spiro atoms. The van der Waals surface area contributed by atoms with Crippen molar-refractivity contribution in [3.63, 3.8) is 0 Å². The molecule has 6 heteroatoms. The van der Waals surface area contributed by atoms with E-state index in [-0.39, 0.29) is 12.3 Å². The molecule has 6 nitrogen and oxygen atoms in total. The van der Waals surface area contributed by atoms with E-state index in [2.05, 4.69) is 23.3 Å². The van der Waals surface area contributed by atoms with Crippen molar-refractivity contribution in [3.05, 3.63) is 11.4 Å². The number of nitrogens with zero attached hydrogens (tertiary/aromatic N) is 4. The number of rotatable bonds is 8. The van der Waals surface area contributed by atoms with Gasteiger partial charge in [0.15, 0.2) is 0 Å². The van der Waals surface area contributed by atoms with Crippen LogP contribution in [0.15, 0.2) is 0 Å². The van der Waals surface area contributed by atoms with Crippen molar-refractivity contribution >= 4 is 5.91 Å². The Balaban J connectivity index is 2.68. The standard InChI is InChI=1S/C12H19N5O/c1-2-6-11-10(9-12(14)18)15-16-17(11)8-5-3-4-7-13/h2-6,8-9H2,1H3,(H2,14,18). The molecule has 1 aromatic rings. The number of amides is 1. The first kappa shape index (κ1) is 14.2. The largest absolute Gasteiger partial charge is 0.369 e. The summed E-state index contributed by atoms with van der Waals surface area (Å²) in [7, 11) is 0. The van der Waals surface area contributed by atoms with Gasteiger partial charge in [-0.25, -0.2) is 4.68 Å². The van der Waals surface area contributed by atoms with E-state index in [9.17, 15) is 4.79 Å². The number of carbonyl (C=O) groups is 1. The molecular weight excluding hydrogens is 230 g/mol. The van der Waals surface area contributed by atoms with E-state index >= 15 is 0 Å². The van der Waals surface area contributed by atoms with Gasteiger partial charge in [-0.15, -0.1) is 5.10 Å². The van der Waals surface area contributed by atoms with Crippen LogP contribution >= 0.6 is 0 Å². The highest BCUT2D eigenvalue weighted by Crippen LogP contribution is 2.10. The van der Waals surface area contributed by atoms with Crippen LogP contribution in [-0.2, 0) is 24.2 Å². The van der Waals surface area contributed by atoms with Crippen molar-refractivity contribution in [1.82, 2.24) is 15.0 Å². The highest BCUT2D eigenvalue weighted by Gasteiger charge is 2.13. The smallest absolute Gasteiger partial charge is 0.223 e. The molecule has 2 N–H and O–H groups in total. The van der Waals surface area contributed by atoms with E-state index < -0.39 is 0 Å². The van der Waals surface area contributed by atoms with Crippen LogP contribution in [-0.4, -0.2) is 20.9 Å². The number of nitriles is 1. The summed E-state index contributed by atoms with van der Waals surface area (Å²) in [5.41, 5.74) is 6.87. The second-order valence-electron chi connectivity index (χ2n) is 4.21. The van der Waals surface area contributed by atoms with E-state index in [1.165, 1.54) is 0 Å². The molecule has 0 unspecified atom stereocenters. The van der Waals surface area contributed by atoms with Crippen LogP contribution < -0.4 is 5.73 Å². The van der Waals surface area contributed by atoms with Gasteiger partial charge in [0.05, 0.1) is 23.9 Å². The second kappa shape index (κ2) is 7.43. The minimum absolute atomic E-state index is 0.146. The molecule has 1 aromatic heterocycles. The molecule has 18 heavy (non-hydrogen) atoms. The predicted molar refractivity (Wildman–Crippen MR) is 66.4 cm³/mol. The second-order valence-corrected chi connectivity index (χ2v) is 4.21. The molecule has 0 fully saturated rings. The molecule has 0 aliphatic carbocycles. The van der Waals surface area contributed by atoms with Gasteiger partial charge in [-0.3, -0.25) is 4.79 Å². The van der Waals surface area contributed by atoms with E-state index in [0.717, 1.165) is 37.9 Å². The van der Waals surface area contributed by atoms with Crippen molar-refractivity contribution in [2.75, 3.05) is 0 Å². The molecule has 0 aliphatic rings. The summed E-state index contributed by atoms with van der Waals surface area (Å²) in [6, 6.07) is 2.12. The molecule has 1 rings (SSSR count). The van der Waals surface area contributed by atoms with Gasteiger partial charge in [0.25, 0.3) is 0 Å². The van der Waals surface area contributed by atoms with Crippen LogP contribution in [0.4, 0.5) is 0 Å². The zero-order chi connectivity index (χ0) is 13.4. The predicted octanol–water partition coefficient (Wildman–Crippen LogP) is 0.952. The fourth-order valence-electron chi connectivity index (χ4n) is 1.83. The average Bonchev–Trinajstić information content (AvgIpc) is 2.68. The maximum atomic E-state index is 10.9. The van der Waals surface area contributed by atoms with E-state index in [0.29, 0.717) is 12.1 Å². The molecule has 0 radical (unpaired) electrons. The summed E-state index contributed by atoms with van der Waals surface area (Å²) < 4.78 is 1.83. The third-order valence-electron chi connectivity index (χ3n) is 2.66. The lowest BCUT2D eigenvalue weighted by molar-refractivity contribution is -0.117. The average molecular weight is 249 g/mol. The minimum atomic E-state index is -0.385. The summed E-state index contributed by atoms with van der Waals surface area (Å²) >= 11 is 0. The van der Waals surface area contributed by atoms with Gasteiger partial charge in [0.2, 0.25) is 5.91 Å². The Morgan fingerprint density at radius 2 is 2.28 bits per heavy atom. The maximum absolute atomic E-state index is 10.9. The first-order valence-electron chi connectivity index (χ1n) is 6.25. The van der Waals surface area contributed by atoms with Gasteiger partial charge in [-0.2, -0.15) is 5.26 Å². The Labute approximate surface area is 107 Å². The topological polar surface area (TPSA) is 97.6 Å². The summed E-state index contributed by atoms with van der Waals surface area (Å²) in [6.07, 6.45) is 4.27. The fraction of sp³-hybridized carbons (Fsp3) is 0.667. The number of carbonyl (C=O) groups excluding carboxylic acids is 1. The van der Waals surface area contributed by atoms with E-state index in [4.69, 9.17) is 11.0 Å². The van der Waals surface area contributed by atoms with Crippen molar-refractivity contribution in [3.8, 4) is 6.07 Å². The lowest BCUT2D eigenvalue weighted by Gasteiger charge is -2.05. The van der Waals surface area contributed by atoms with Gasteiger partial charge >= 0.3 is 0 Å². The highest BCUT2D eigenvalue weighted by atomic mass is 16.1. The number of aromatic nitrogens is 3. The molecule has 1 amide bonds. The zero-order valence-corrected chi connectivity index (χ0v) is 10.7. The summed E-state index contributed by atoms with van der Waals surface area (Å²) in [6.45, 7) is 2.81. The van der Waals surface area contributed by atoms with Crippen molar-refractivity contribution in [1.29, 1.82) is 5.26 Å². The van der Waals surface area contributed by atoms with E-state index in [1.54, 1.807) is 0 Å². The number of hydrogen-bond donors (Lipinski definition) is 1. The van der Waals surface area contributed by atoms with Crippen LogP contribution in [0.3, 0.4) is 0 Å². The monoisotopic (exact) mass is 249 g/mol. The van der Waals surface area contributed by atoms with Crippen molar-refractivity contribution in [2.45, 2.75) is 52.0 Å². The Hall–Kier alpha value is -1.90. The van der Waals surface area contributed by atoms with Crippen LogP contribution in [0.1, 0.15) is 44.0 Å². The number of nitrogens with two attached hydrogens (primary N) is 1. The molecule has 0 bridgehead atoms. The molecule has 98 valence electrons. The number of primary amides is 1. The number of aryl methyl sites for hydroxylation is 1. The fourth-order valence-corrected chi connectivity index (χ4v) is 1.83. The van der Waals surface area contributed by atoms with Crippen LogP contribution in [0, 0.1) is 11.3 Å². The quantitative estimate of drug-likeness (QED) is 0.693. The zero-order valence-electron chi connectivity index (χ0n) is 10.7. The Morgan fingerprint density at radius 3 is 2.89 bits per heavy atom.